The van der Waals surface area contributed by atoms with Gasteiger partial charge in [-0.3, -0.25) is 4.79 Å². The van der Waals surface area contributed by atoms with Crippen molar-refractivity contribution in [3.05, 3.63) is 58.3 Å². The minimum atomic E-state index is -0.0764. The van der Waals surface area contributed by atoms with E-state index in [0.717, 1.165) is 51.6 Å². The Kier molecular flexibility index (Phi) is 6.47. The van der Waals surface area contributed by atoms with Crippen molar-refractivity contribution < 1.29 is 19.0 Å². The Morgan fingerprint density at radius 1 is 1.10 bits per heavy atom. The van der Waals surface area contributed by atoms with Crippen LogP contribution in [-0.4, -0.2) is 26.7 Å². The molecule has 31 heavy (non-hydrogen) atoms. The Morgan fingerprint density at radius 3 is 2.61 bits per heavy atom. The summed E-state index contributed by atoms with van der Waals surface area (Å²) in [6.45, 7) is 2.76. The quantitative estimate of drug-likeness (QED) is 0.434. The van der Waals surface area contributed by atoms with Crippen molar-refractivity contribution in [3.63, 3.8) is 0 Å². The van der Waals surface area contributed by atoms with E-state index in [1.165, 1.54) is 0 Å². The number of para-hydroxylation sites is 1. The number of unbranched alkanes of at least 4 members (excludes halogenated alkanes) is 1. The highest BCUT2D eigenvalue weighted by atomic mass is 32.1. The standard InChI is InChI=1S/C25H27NO4S/c1-4-5-13-30-24-18(7-6-8-21(24)29-3)19-14-22(27)26-23-20(15-31-25(19)23)16-9-11-17(28-2)12-10-16/h6-12,15,19H,4-5,13-14H2,1-3H3,(H,26,27)/t19-/m1/s1. The van der Waals surface area contributed by atoms with Gasteiger partial charge in [-0.1, -0.05) is 37.6 Å². The second-order valence-electron chi connectivity index (χ2n) is 7.50. The van der Waals surface area contributed by atoms with Gasteiger partial charge in [0.25, 0.3) is 0 Å². The van der Waals surface area contributed by atoms with Crippen LogP contribution in [0.25, 0.3) is 11.1 Å². The maximum atomic E-state index is 12.7. The van der Waals surface area contributed by atoms with Crippen LogP contribution in [0.15, 0.2) is 47.8 Å². The molecular formula is C25H27NO4S. The average molecular weight is 438 g/mol. The normalized spacial score (nSPS) is 15.2. The molecule has 0 aliphatic carbocycles. The molecule has 1 atom stereocenters. The maximum Gasteiger partial charge on any atom is 0.225 e. The van der Waals surface area contributed by atoms with Crippen molar-refractivity contribution in [3.8, 4) is 28.4 Å². The number of thiophene rings is 1. The number of hydrogen-bond acceptors (Lipinski definition) is 5. The van der Waals surface area contributed by atoms with E-state index < -0.39 is 0 Å². The van der Waals surface area contributed by atoms with Gasteiger partial charge in [0.15, 0.2) is 11.5 Å². The first-order valence-electron chi connectivity index (χ1n) is 10.5. The second kappa shape index (κ2) is 9.43. The smallest absolute Gasteiger partial charge is 0.225 e. The summed E-state index contributed by atoms with van der Waals surface area (Å²) in [5.41, 5.74) is 3.95. The molecule has 5 nitrogen and oxygen atoms in total. The number of carbonyl (C=O) groups excluding carboxylic acids is 1. The van der Waals surface area contributed by atoms with Crippen molar-refractivity contribution in [2.75, 3.05) is 26.1 Å². The lowest BCUT2D eigenvalue weighted by Gasteiger charge is -2.26. The van der Waals surface area contributed by atoms with Crippen molar-refractivity contribution >= 4 is 22.9 Å². The van der Waals surface area contributed by atoms with Crippen LogP contribution in [0, 0.1) is 0 Å². The summed E-state index contributed by atoms with van der Waals surface area (Å²) < 4.78 is 17.0. The predicted molar refractivity (Wildman–Crippen MR) is 125 cm³/mol. The summed E-state index contributed by atoms with van der Waals surface area (Å²) >= 11 is 1.67. The topological polar surface area (TPSA) is 56.8 Å². The van der Waals surface area contributed by atoms with E-state index >= 15 is 0 Å². The van der Waals surface area contributed by atoms with Gasteiger partial charge in [0, 0.05) is 33.7 Å². The van der Waals surface area contributed by atoms with Gasteiger partial charge in [-0.25, -0.2) is 0 Å². The molecule has 0 radical (unpaired) electrons. The summed E-state index contributed by atoms with van der Waals surface area (Å²) in [6, 6.07) is 13.8. The van der Waals surface area contributed by atoms with Gasteiger partial charge in [0.1, 0.15) is 5.75 Å². The van der Waals surface area contributed by atoms with Gasteiger partial charge >= 0.3 is 0 Å². The first kappa shape index (κ1) is 21.2. The molecule has 1 aliphatic heterocycles. The zero-order valence-electron chi connectivity index (χ0n) is 18.1. The van der Waals surface area contributed by atoms with Crippen molar-refractivity contribution in [2.24, 2.45) is 0 Å². The average Bonchev–Trinajstić information content (AvgIpc) is 3.22. The van der Waals surface area contributed by atoms with E-state index in [2.05, 4.69) is 17.6 Å². The predicted octanol–water partition coefficient (Wildman–Crippen LogP) is 6.09. The Hall–Kier alpha value is -2.99. The summed E-state index contributed by atoms with van der Waals surface area (Å²) in [5.74, 6) is 2.18. The molecule has 2 aromatic carbocycles. The number of rotatable bonds is 8. The largest absolute Gasteiger partial charge is 0.497 e. The molecule has 6 heteroatoms. The van der Waals surface area contributed by atoms with E-state index in [9.17, 15) is 4.79 Å². The summed E-state index contributed by atoms with van der Waals surface area (Å²) in [5, 5.41) is 5.22. The van der Waals surface area contributed by atoms with Crippen LogP contribution in [0.3, 0.4) is 0 Å². The highest BCUT2D eigenvalue weighted by Crippen LogP contribution is 2.49. The monoisotopic (exact) mass is 437 g/mol. The lowest BCUT2D eigenvalue weighted by Crippen LogP contribution is -2.23. The first-order valence-corrected chi connectivity index (χ1v) is 11.4. The number of benzene rings is 2. The second-order valence-corrected chi connectivity index (χ2v) is 8.41. The highest BCUT2D eigenvalue weighted by Gasteiger charge is 2.33. The van der Waals surface area contributed by atoms with Crippen LogP contribution >= 0.6 is 11.3 Å². The van der Waals surface area contributed by atoms with Crippen LogP contribution in [-0.2, 0) is 4.79 Å². The SMILES string of the molecule is CCCCOc1c(OC)cccc1[C@H]1CC(=O)Nc2c(-c3ccc(OC)cc3)csc21. The molecule has 0 saturated carbocycles. The van der Waals surface area contributed by atoms with Crippen molar-refractivity contribution in [1.29, 1.82) is 0 Å². The number of carbonyl (C=O) groups is 1. The van der Waals surface area contributed by atoms with E-state index in [0.29, 0.717) is 18.8 Å². The molecule has 1 amide bonds. The molecule has 4 rings (SSSR count). The van der Waals surface area contributed by atoms with Crippen molar-refractivity contribution in [1.82, 2.24) is 0 Å². The summed E-state index contributed by atoms with van der Waals surface area (Å²) in [4.78, 5) is 13.9. The molecule has 0 bridgehead atoms. The number of methoxy groups -OCH3 is 2. The van der Waals surface area contributed by atoms with E-state index in [-0.39, 0.29) is 11.8 Å². The Balaban J connectivity index is 1.76. The lowest BCUT2D eigenvalue weighted by molar-refractivity contribution is -0.116. The molecule has 0 fully saturated rings. The number of ether oxygens (including phenoxy) is 3. The molecule has 0 unspecified atom stereocenters. The number of hydrogen-bond donors (Lipinski definition) is 1. The zero-order chi connectivity index (χ0) is 21.8. The highest BCUT2D eigenvalue weighted by molar-refractivity contribution is 7.11. The molecule has 1 N–H and O–H groups in total. The fourth-order valence-corrected chi connectivity index (χ4v) is 5.05. The number of anilines is 1. The van der Waals surface area contributed by atoms with Crippen LogP contribution in [0.5, 0.6) is 17.2 Å². The maximum absolute atomic E-state index is 12.7. The third-order valence-corrected chi connectivity index (χ3v) is 6.64. The van der Waals surface area contributed by atoms with Crippen LogP contribution < -0.4 is 19.5 Å². The molecule has 0 spiro atoms. The fraction of sp³-hybridized carbons (Fsp3) is 0.320. The minimum absolute atomic E-state index is 0.00740. The van der Waals surface area contributed by atoms with Crippen LogP contribution in [0.1, 0.15) is 42.5 Å². The molecule has 3 aromatic rings. The zero-order valence-corrected chi connectivity index (χ0v) is 18.9. The molecule has 0 saturated heterocycles. The Bertz CT molecular complexity index is 1060. The molecular weight excluding hydrogens is 410 g/mol. The fourth-order valence-electron chi connectivity index (χ4n) is 3.90. The molecule has 1 aliphatic rings. The Morgan fingerprint density at radius 2 is 1.90 bits per heavy atom. The van der Waals surface area contributed by atoms with Gasteiger partial charge < -0.3 is 19.5 Å². The van der Waals surface area contributed by atoms with Gasteiger partial charge in [-0.2, -0.15) is 0 Å². The third kappa shape index (κ3) is 4.26. The number of amides is 1. The lowest BCUT2D eigenvalue weighted by atomic mass is 9.88. The van der Waals surface area contributed by atoms with E-state index in [1.54, 1.807) is 25.6 Å². The summed E-state index contributed by atoms with van der Waals surface area (Å²) in [6.07, 6.45) is 2.40. The Labute approximate surface area is 187 Å². The van der Waals surface area contributed by atoms with Gasteiger partial charge in [-0.05, 0) is 30.2 Å². The number of fused-ring (bicyclic) bond motifs is 1. The first-order chi connectivity index (χ1) is 15.2. The number of nitrogens with one attached hydrogen (secondary N) is 1. The minimum Gasteiger partial charge on any atom is -0.497 e. The van der Waals surface area contributed by atoms with Gasteiger partial charge in [-0.15, -0.1) is 11.3 Å². The van der Waals surface area contributed by atoms with Gasteiger partial charge in [0.2, 0.25) is 5.91 Å². The van der Waals surface area contributed by atoms with Crippen molar-refractivity contribution in [2.45, 2.75) is 32.1 Å². The third-order valence-electron chi connectivity index (χ3n) is 5.54. The van der Waals surface area contributed by atoms with E-state index in [4.69, 9.17) is 14.2 Å². The molecule has 1 aromatic heterocycles. The molecule has 162 valence electrons. The van der Waals surface area contributed by atoms with E-state index in [1.807, 2.05) is 42.5 Å². The van der Waals surface area contributed by atoms with Gasteiger partial charge in [0.05, 0.1) is 26.5 Å². The van der Waals surface area contributed by atoms with Crippen LogP contribution in [0.4, 0.5) is 5.69 Å². The van der Waals surface area contributed by atoms with Crippen LogP contribution in [0.2, 0.25) is 0 Å². The summed E-state index contributed by atoms with van der Waals surface area (Å²) in [7, 11) is 3.30. The molecule has 2 heterocycles.